The van der Waals surface area contributed by atoms with Gasteiger partial charge in [-0.2, -0.15) is 0 Å². The fraction of sp³-hybridized carbons (Fsp3) is 0.792. The summed E-state index contributed by atoms with van der Waals surface area (Å²) in [6, 6.07) is 1.35. The number of ether oxygens (including phenoxy) is 1. The molecule has 0 spiro atoms. The number of aryl methyl sites for hydroxylation is 1. The van der Waals surface area contributed by atoms with Crippen LogP contribution in [0.5, 0.6) is 0 Å². The van der Waals surface area contributed by atoms with Gasteiger partial charge in [-0.1, -0.05) is 46.4 Å². The maximum Gasteiger partial charge on any atom is 0.331 e. The van der Waals surface area contributed by atoms with Crippen molar-refractivity contribution in [2.75, 3.05) is 6.61 Å². The molecule has 31 heavy (non-hydrogen) atoms. The van der Waals surface area contributed by atoms with E-state index < -0.39 is 10.7 Å². The maximum atomic E-state index is 12.7. The largest absolute Gasteiger partial charge is 0.465 e. The van der Waals surface area contributed by atoms with Crippen molar-refractivity contribution in [3.63, 3.8) is 0 Å². The first-order valence-corrected chi connectivity index (χ1v) is 11.6. The quantitative estimate of drug-likeness (QED) is 0.261. The molecule has 0 saturated carbocycles. The van der Waals surface area contributed by atoms with Gasteiger partial charge < -0.3 is 9.30 Å². The van der Waals surface area contributed by atoms with E-state index in [1.807, 2.05) is 48.5 Å². The molecule has 1 aromatic heterocycles. The van der Waals surface area contributed by atoms with Gasteiger partial charge in [-0.3, -0.25) is 14.2 Å². The number of rotatable bonds is 13. The Morgan fingerprint density at radius 2 is 1.71 bits per heavy atom. The van der Waals surface area contributed by atoms with Crippen molar-refractivity contribution in [1.29, 1.82) is 0 Å². The number of aromatic nitrogens is 2. The average molecular weight is 432 g/mol. The van der Waals surface area contributed by atoms with Crippen molar-refractivity contribution in [1.82, 2.24) is 9.13 Å². The first-order valence-electron chi connectivity index (χ1n) is 11.6. The van der Waals surface area contributed by atoms with Gasteiger partial charge in [-0.25, -0.2) is 4.79 Å². The number of carbonyl (C=O) groups excluding carboxylic acids is 1. The standard InChI is InChI=1S/C24H41BN2O4/c1-8-19(4)27-20(28)13-15-26(22(27)30)14-11-9-10-12-16-31-21(29)24(7,18(2)3)17-23(5,6)25/h13,15,18-19H,8-12,14,16-17H2,1-7H3. The van der Waals surface area contributed by atoms with Crippen molar-refractivity contribution in [2.45, 2.75) is 105 Å². The minimum atomic E-state index is -0.599. The molecule has 1 heterocycles. The highest BCUT2D eigenvalue weighted by Crippen LogP contribution is 2.42. The molecule has 0 aliphatic rings. The monoisotopic (exact) mass is 432 g/mol. The lowest BCUT2D eigenvalue weighted by Crippen LogP contribution is -2.40. The minimum absolute atomic E-state index is 0.108. The van der Waals surface area contributed by atoms with Crippen LogP contribution in [0.2, 0.25) is 5.31 Å². The second-order valence-electron chi connectivity index (χ2n) is 10.0. The third-order valence-corrected chi connectivity index (χ3v) is 6.21. The summed E-state index contributed by atoms with van der Waals surface area (Å²) in [7, 11) is 6.16. The summed E-state index contributed by atoms with van der Waals surface area (Å²) < 4.78 is 8.51. The zero-order valence-electron chi connectivity index (χ0n) is 20.6. The molecule has 0 saturated heterocycles. The van der Waals surface area contributed by atoms with E-state index in [-0.39, 0.29) is 29.2 Å². The van der Waals surface area contributed by atoms with Gasteiger partial charge in [0, 0.05) is 24.8 Å². The zero-order valence-corrected chi connectivity index (χ0v) is 20.6. The van der Waals surface area contributed by atoms with Crippen LogP contribution >= 0.6 is 0 Å². The Hall–Kier alpha value is -1.79. The van der Waals surface area contributed by atoms with Crippen LogP contribution in [0.25, 0.3) is 0 Å². The third kappa shape index (κ3) is 8.01. The number of esters is 1. The van der Waals surface area contributed by atoms with Crippen LogP contribution in [0.4, 0.5) is 0 Å². The van der Waals surface area contributed by atoms with Gasteiger partial charge in [-0.15, -0.1) is 0 Å². The zero-order chi connectivity index (χ0) is 23.8. The number of carbonyl (C=O) groups is 1. The normalized spacial score (nSPS) is 15.0. The molecule has 0 bridgehead atoms. The van der Waals surface area contributed by atoms with Crippen LogP contribution in [-0.2, 0) is 16.1 Å². The highest BCUT2D eigenvalue weighted by atomic mass is 16.5. The Morgan fingerprint density at radius 1 is 1.10 bits per heavy atom. The van der Waals surface area contributed by atoms with E-state index in [1.54, 1.807) is 10.8 Å². The Labute approximate surface area is 188 Å². The lowest BCUT2D eigenvalue weighted by molar-refractivity contribution is -0.159. The summed E-state index contributed by atoms with van der Waals surface area (Å²) in [4.78, 5) is 37.2. The summed E-state index contributed by atoms with van der Waals surface area (Å²) in [5.41, 5.74) is -1.09. The molecule has 0 aliphatic carbocycles. The van der Waals surface area contributed by atoms with Crippen molar-refractivity contribution in [3.05, 3.63) is 33.1 Å². The second-order valence-corrected chi connectivity index (χ2v) is 10.0. The van der Waals surface area contributed by atoms with Gasteiger partial charge in [-0.05, 0) is 51.9 Å². The molecule has 1 aromatic rings. The highest BCUT2D eigenvalue weighted by molar-refractivity contribution is 6.14. The van der Waals surface area contributed by atoms with Crippen LogP contribution in [-0.4, -0.2) is 29.6 Å². The second kappa shape index (κ2) is 11.7. The molecule has 0 amide bonds. The Bertz CT molecular complexity index is 822. The molecule has 0 fully saturated rings. The summed E-state index contributed by atoms with van der Waals surface area (Å²) in [5.74, 6) is -0.0419. The molecule has 0 N–H and O–H groups in total. The van der Waals surface area contributed by atoms with E-state index >= 15 is 0 Å². The highest BCUT2D eigenvalue weighted by Gasteiger charge is 2.40. The Morgan fingerprint density at radius 3 is 2.26 bits per heavy atom. The molecule has 2 unspecified atom stereocenters. The number of unbranched alkanes of at least 4 members (excludes halogenated alkanes) is 3. The first kappa shape index (κ1) is 27.2. The first-order chi connectivity index (χ1) is 14.3. The van der Waals surface area contributed by atoms with Gasteiger partial charge in [0.15, 0.2) is 0 Å². The third-order valence-electron chi connectivity index (χ3n) is 6.21. The molecule has 0 aliphatic heterocycles. The van der Waals surface area contributed by atoms with Crippen LogP contribution in [0.1, 0.15) is 93.0 Å². The number of nitrogens with zero attached hydrogens (tertiary/aromatic N) is 2. The van der Waals surface area contributed by atoms with Gasteiger partial charge in [0.1, 0.15) is 0 Å². The van der Waals surface area contributed by atoms with Crippen molar-refractivity contribution in [3.8, 4) is 0 Å². The minimum Gasteiger partial charge on any atom is -0.465 e. The molecule has 7 heteroatoms. The van der Waals surface area contributed by atoms with Gasteiger partial charge in [0.05, 0.1) is 19.9 Å². The Balaban J connectivity index is 2.46. The smallest absolute Gasteiger partial charge is 0.331 e. The van der Waals surface area contributed by atoms with E-state index in [4.69, 9.17) is 12.6 Å². The SMILES string of the molecule is [B]C(C)(C)CC(C)(C(=O)OCCCCCCn1ccc(=O)n(C(C)CC)c1=O)C(C)C. The van der Waals surface area contributed by atoms with Crippen molar-refractivity contribution < 1.29 is 9.53 Å². The summed E-state index contributed by atoms with van der Waals surface area (Å²) in [6.45, 7) is 14.7. The van der Waals surface area contributed by atoms with E-state index in [0.29, 0.717) is 19.6 Å². The molecule has 174 valence electrons. The average Bonchev–Trinajstić information content (AvgIpc) is 2.66. The lowest BCUT2D eigenvalue weighted by atomic mass is 9.60. The molecular weight excluding hydrogens is 391 g/mol. The predicted octanol–water partition coefficient (Wildman–Crippen LogP) is 4.50. The molecule has 1 rings (SSSR count). The topological polar surface area (TPSA) is 70.3 Å². The van der Waals surface area contributed by atoms with E-state index in [0.717, 1.165) is 32.1 Å². The van der Waals surface area contributed by atoms with Crippen LogP contribution in [0.15, 0.2) is 21.9 Å². The Kier molecular flexibility index (Phi) is 10.3. The van der Waals surface area contributed by atoms with E-state index in [9.17, 15) is 14.4 Å². The van der Waals surface area contributed by atoms with Gasteiger partial charge in [0.2, 0.25) is 0 Å². The molecule has 6 nitrogen and oxygen atoms in total. The van der Waals surface area contributed by atoms with Crippen LogP contribution in [0, 0.1) is 11.3 Å². The summed E-state index contributed by atoms with van der Waals surface area (Å²) in [6.07, 6.45) is 6.33. The van der Waals surface area contributed by atoms with Crippen LogP contribution in [0.3, 0.4) is 0 Å². The van der Waals surface area contributed by atoms with Crippen molar-refractivity contribution in [2.24, 2.45) is 11.3 Å². The van der Waals surface area contributed by atoms with E-state index in [1.165, 1.54) is 10.6 Å². The molecule has 2 radical (unpaired) electrons. The fourth-order valence-electron chi connectivity index (χ4n) is 3.81. The predicted molar refractivity (Wildman–Crippen MR) is 127 cm³/mol. The lowest BCUT2D eigenvalue weighted by Gasteiger charge is -2.37. The summed E-state index contributed by atoms with van der Waals surface area (Å²) >= 11 is 0. The van der Waals surface area contributed by atoms with Gasteiger partial charge >= 0.3 is 11.7 Å². The summed E-state index contributed by atoms with van der Waals surface area (Å²) in [5, 5.41) is -0.437. The fourth-order valence-corrected chi connectivity index (χ4v) is 3.81. The van der Waals surface area contributed by atoms with Crippen molar-refractivity contribution >= 4 is 13.8 Å². The number of hydrogen-bond acceptors (Lipinski definition) is 4. The van der Waals surface area contributed by atoms with Crippen LogP contribution < -0.4 is 11.2 Å². The van der Waals surface area contributed by atoms with Gasteiger partial charge in [0.25, 0.3) is 5.56 Å². The molecule has 0 aromatic carbocycles. The number of hydrogen-bond donors (Lipinski definition) is 0. The molecular formula is C24H41BN2O4. The maximum absolute atomic E-state index is 12.7. The molecule has 2 atom stereocenters. The van der Waals surface area contributed by atoms with E-state index in [2.05, 4.69) is 0 Å².